The first kappa shape index (κ1) is 15.9. The van der Waals surface area contributed by atoms with E-state index in [1.54, 1.807) is 7.05 Å². The van der Waals surface area contributed by atoms with Crippen LogP contribution in [0, 0.1) is 5.92 Å². The molecule has 1 aliphatic rings. The fourth-order valence-electron chi connectivity index (χ4n) is 2.34. The SMILES string of the molecule is CNc1cc(C(=O)N2CCC(C(F)(F)F)CC2)cc(Cl)n1. The van der Waals surface area contributed by atoms with E-state index in [1.807, 2.05) is 0 Å². The van der Waals surface area contributed by atoms with E-state index in [4.69, 9.17) is 11.6 Å². The van der Waals surface area contributed by atoms with Crippen molar-refractivity contribution in [3.05, 3.63) is 22.8 Å². The lowest BCUT2D eigenvalue weighted by atomic mass is 9.96. The topological polar surface area (TPSA) is 45.2 Å². The number of carbonyl (C=O) groups excluding carboxylic acids is 1. The van der Waals surface area contributed by atoms with Crippen LogP contribution in [0.2, 0.25) is 5.15 Å². The molecule has 0 unspecified atom stereocenters. The number of likely N-dealkylation sites (tertiary alicyclic amines) is 1. The van der Waals surface area contributed by atoms with E-state index in [-0.39, 0.29) is 37.0 Å². The maximum absolute atomic E-state index is 12.6. The average molecular weight is 322 g/mol. The van der Waals surface area contributed by atoms with E-state index in [0.29, 0.717) is 11.4 Å². The molecule has 1 saturated heterocycles. The number of piperidine rings is 1. The fourth-order valence-corrected chi connectivity index (χ4v) is 2.55. The molecule has 0 bridgehead atoms. The van der Waals surface area contributed by atoms with Gasteiger partial charge in [0.05, 0.1) is 5.92 Å². The molecule has 1 aromatic rings. The third kappa shape index (κ3) is 3.78. The van der Waals surface area contributed by atoms with Crippen molar-refractivity contribution in [1.29, 1.82) is 0 Å². The summed E-state index contributed by atoms with van der Waals surface area (Å²) in [7, 11) is 1.64. The highest BCUT2D eigenvalue weighted by atomic mass is 35.5. The van der Waals surface area contributed by atoms with Crippen molar-refractivity contribution in [1.82, 2.24) is 9.88 Å². The Morgan fingerprint density at radius 1 is 1.38 bits per heavy atom. The van der Waals surface area contributed by atoms with E-state index >= 15 is 0 Å². The molecule has 1 amide bonds. The number of halogens is 4. The van der Waals surface area contributed by atoms with E-state index in [9.17, 15) is 18.0 Å². The van der Waals surface area contributed by atoms with Crippen molar-refractivity contribution < 1.29 is 18.0 Å². The molecular weight excluding hydrogens is 307 g/mol. The van der Waals surface area contributed by atoms with Gasteiger partial charge in [-0.2, -0.15) is 13.2 Å². The molecule has 0 radical (unpaired) electrons. The van der Waals surface area contributed by atoms with Crippen LogP contribution in [0.25, 0.3) is 0 Å². The predicted molar refractivity (Wildman–Crippen MR) is 73.5 cm³/mol. The minimum atomic E-state index is -4.19. The monoisotopic (exact) mass is 321 g/mol. The standard InChI is InChI=1S/C13H15ClF3N3O/c1-18-11-7-8(6-10(14)19-11)12(21)20-4-2-9(3-5-20)13(15,16)17/h6-7,9H,2-5H2,1H3,(H,18,19). The zero-order valence-corrected chi connectivity index (χ0v) is 12.1. The lowest BCUT2D eigenvalue weighted by Crippen LogP contribution is -2.42. The Balaban J connectivity index is 2.07. The van der Waals surface area contributed by atoms with Gasteiger partial charge in [0.25, 0.3) is 5.91 Å². The van der Waals surface area contributed by atoms with Crippen molar-refractivity contribution >= 4 is 23.3 Å². The second kappa shape index (κ2) is 6.09. The second-order valence-electron chi connectivity index (χ2n) is 4.92. The number of amides is 1. The Labute approximate surface area is 125 Å². The van der Waals surface area contributed by atoms with E-state index in [0.717, 1.165) is 0 Å². The zero-order chi connectivity index (χ0) is 15.6. The fraction of sp³-hybridized carbons (Fsp3) is 0.538. The summed E-state index contributed by atoms with van der Waals surface area (Å²) in [5, 5.41) is 2.94. The molecule has 116 valence electrons. The normalized spacial score (nSPS) is 16.9. The van der Waals surface area contributed by atoms with E-state index in [1.165, 1.54) is 17.0 Å². The highest BCUT2D eigenvalue weighted by Crippen LogP contribution is 2.34. The third-order valence-corrected chi connectivity index (χ3v) is 3.74. The lowest BCUT2D eigenvalue weighted by molar-refractivity contribution is -0.183. The van der Waals surface area contributed by atoms with Gasteiger partial charge in [-0.15, -0.1) is 0 Å². The molecule has 1 aromatic heterocycles. The number of carbonyl (C=O) groups is 1. The largest absolute Gasteiger partial charge is 0.391 e. The Morgan fingerprint density at radius 2 is 2.00 bits per heavy atom. The van der Waals surface area contributed by atoms with E-state index in [2.05, 4.69) is 10.3 Å². The number of nitrogens with one attached hydrogen (secondary N) is 1. The molecule has 0 saturated carbocycles. The van der Waals surface area contributed by atoms with Gasteiger partial charge in [0.15, 0.2) is 0 Å². The first-order chi connectivity index (χ1) is 9.81. The summed E-state index contributed by atoms with van der Waals surface area (Å²) in [4.78, 5) is 17.7. The van der Waals surface area contributed by atoms with Gasteiger partial charge in [-0.25, -0.2) is 4.98 Å². The highest BCUT2D eigenvalue weighted by molar-refractivity contribution is 6.29. The molecular formula is C13H15ClF3N3O. The summed E-state index contributed by atoms with van der Waals surface area (Å²) in [5.74, 6) is -1.21. The maximum atomic E-state index is 12.6. The number of pyridine rings is 1. The van der Waals surface area contributed by atoms with Crippen molar-refractivity contribution in [2.24, 2.45) is 5.92 Å². The predicted octanol–water partition coefficient (Wildman–Crippen LogP) is 3.19. The number of hydrogen-bond donors (Lipinski definition) is 1. The molecule has 2 rings (SSSR count). The van der Waals surface area contributed by atoms with Crippen molar-refractivity contribution in [2.45, 2.75) is 19.0 Å². The molecule has 21 heavy (non-hydrogen) atoms. The minimum absolute atomic E-state index is 0.0626. The van der Waals surface area contributed by atoms with Crippen molar-refractivity contribution in [3.8, 4) is 0 Å². The summed E-state index contributed by atoms with van der Waals surface area (Å²) in [6.45, 7) is 0.190. The van der Waals surface area contributed by atoms with Crippen LogP contribution in [0.3, 0.4) is 0 Å². The van der Waals surface area contributed by atoms with Crippen LogP contribution in [0.5, 0.6) is 0 Å². The lowest BCUT2D eigenvalue weighted by Gasteiger charge is -2.33. The number of hydrogen-bond acceptors (Lipinski definition) is 3. The van der Waals surface area contributed by atoms with E-state index < -0.39 is 12.1 Å². The van der Waals surface area contributed by atoms with Crippen LogP contribution in [-0.4, -0.2) is 42.1 Å². The maximum Gasteiger partial charge on any atom is 0.391 e. The van der Waals surface area contributed by atoms with Gasteiger partial charge in [-0.3, -0.25) is 4.79 Å². The quantitative estimate of drug-likeness (QED) is 0.851. The summed E-state index contributed by atoms with van der Waals surface area (Å²) in [6, 6.07) is 2.95. The van der Waals surface area contributed by atoms with Gasteiger partial charge in [0.2, 0.25) is 0 Å². The number of nitrogens with zero attached hydrogens (tertiary/aromatic N) is 2. The van der Waals surface area contributed by atoms with Gasteiger partial charge < -0.3 is 10.2 Å². The van der Waals surface area contributed by atoms with Gasteiger partial charge in [-0.1, -0.05) is 11.6 Å². The Bertz CT molecular complexity index is 528. The first-order valence-electron chi connectivity index (χ1n) is 6.52. The summed E-state index contributed by atoms with van der Waals surface area (Å²) in [5.41, 5.74) is 0.324. The Hall–Kier alpha value is -1.50. The van der Waals surface area contributed by atoms with Crippen LogP contribution >= 0.6 is 11.6 Å². The summed E-state index contributed by atoms with van der Waals surface area (Å²) >= 11 is 5.82. The van der Waals surface area contributed by atoms with Gasteiger partial charge in [0.1, 0.15) is 11.0 Å². The van der Waals surface area contributed by atoms with Crippen LogP contribution in [0.1, 0.15) is 23.2 Å². The molecule has 2 heterocycles. The van der Waals surface area contributed by atoms with Crippen LogP contribution in [0.4, 0.5) is 19.0 Å². The molecule has 8 heteroatoms. The first-order valence-corrected chi connectivity index (χ1v) is 6.90. The number of anilines is 1. The van der Waals surface area contributed by atoms with Gasteiger partial charge in [-0.05, 0) is 25.0 Å². The molecule has 0 spiro atoms. The summed E-state index contributed by atoms with van der Waals surface area (Å²) < 4.78 is 37.8. The molecule has 0 atom stereocenters. The number of alkyl halides is 3. The smallest absolute Gasteiger partial charge is 0.373 e. The van der Waals surface area contributed by atoms with Crippen LogP contribution in [-0.2, 0) is 0 Å². The van der Waals surface area contributed by atoms with Crippen molar-refractivity contribution in [2.75, 3.05) is 25.5 Å². The zero-order valence-electron chi connectivity index (χ0n) is 11.4. The highest BCUT2D eigenvalue weighted by Gasteiger charge is 2.41. The molecule has 0 aliphatic carbocycles. The minimum Gasteiger partial charge on any atom is -0.373 e. The van der Waals surface area contributed by atoms with Crippen molar-refractivity contribution in [3.63, 3.8) is 0 Å². The van der Waals surface area contributed by atoms with Gasteiger partial charge >= 0.3 is 6.18 Å². The second-order valence-corrected chi connectivity index (χ2v) is 5.31. The average Bonchev–Trinajstić information content (AvgIpc) is 2.45. The molecule has 1 N–H and O–H groups in total. The number of rotatable bonds is 2. The van der Waals surface area contributed by atoms with Crippen LogP contribution in [0.15, 0.2) is 12.1 Å². The van der Waals surface area contributed by atoms with Crippen LogP contribution < -0.4 is 5.32 Å². The Morgan fingerprint density at radius 3 is 2.52 bits per heavy atom. The summed E-state index contributed by atoms with van der Waals surface area (Å²) in [6.07, 6.45) is -4.31. The number of aromatic nitrogens is 1. The molecule has 4 nitrogen and oxygen atoms in total. The Kier molecular flexibility index (Phi) is 4.61. The molecule has 1 aliphatic heterocycles. The van der Waals surface area contributed by atoms with Gasteiger partial charge in [0, 0.05) is 25.7 Å². The third-order valence-electron chi connectivity index (χ3n) is 3.54. The molecule has 0 aromatic carbocycles. The molecule has 1 fully saturated rings.